The van der Waals surface area contributed by atoms with E-state index in [-0.39, 0.29) is 12.0 Å². The van der Waals surface area contributed by atoms with E-state index in [1.54, 1.807) is 0 Å². The van der Waals surface area contributed by atoms with E-state index >= 15 is 0 Å². The average molecular weight is 257 g/mol. The lowest BCUT2D eigenvalue weighted by Gasteiger charge is -2.41. The van der Waals surface area contributed by atoms with Gasteiger partial charge < -0.3 is 19.5 Å². The summed E-state index contributed by atoms with van der Waals surface area (Å²) in [7, 11) is 0. The molecule has 0 amide bonds. The van der Waals surface area contributed by atoms with Gasteiger partial charge in [0.15, 0.2) is 0 Å². The fourth-order valence-corrected chi connectivity index (χ4v) is 3.15. The Bertz CT molecular complexity index is 233. The van der Waals surface area contributed by atoms with Crippen LogP contribution >= 0.6 is 0 Å². The number of likely N-dealkylation sites (tertiary alicyclic amines) is 1. The van der Waals surface area contributed by atoms with E-state index in [4.69, 9.17) is 9.47 Å². The summed E-state index contributed by atoms with van der Waals surface area (Å²) in [5.41, 5.74) is -0.0172. The minimum Gasteiger partial charge on any atom is -0.396 e. The third-order valence-electron chi connectivity index (χ3n) is 4.24. The zero-order chi connectivity index (χ0) is 12.8. The summed E-state index contributed by atoms with van der Waals surface area (Å²) < 4.78 is 11.2. The van der Waals surface area contributed by atoms with Crippen LogP contribution in [0.5, 0.6) is 0 Å². The molecule has 2 saturated heterocycles. The predicted octanol–water partition coefficient (Wildman–Crippen LogP) is 1.28. The molecule has 0 aromatic rings. The zero-order valence-corrected chi connectivity index (χ0v) is 11.6. The highest BCUT2D eigenvalue weighted by Gasteiger charge is 2.35. The molecule has 106 valence electrons. The molecule has 0 aromatic carbocycles. The quantitative estimate of drug-likeness (QED) is 0.805. The highest BCUT2D eigenvalue weighted by Crippen LogP contribution is 2.30. The van der Waals surface area contributed by atoms with Crippen molar-refractivity contribution in [3.63, 3.8) is 0 Å². The van der Waals surface area contributed by atoms with Crippen LogP contribution in [0.3, 0.4) is 0 Å². The SMILES string of the molecule is CCOC1CCN(CC2(CO)CCCOC2)CC1. The molecule has 4 nitrogen and oxygen atoms in total. The number of aliphatic hydroxyl groups excluding tert-OH is 1. The van der Waals surface area contributed by atoms with Crippen molar-refractivity contribution >= 4 is 0 Å². The van der Waals surface area contributed by atoms with Crippen LogP contribution < -0.4 is 0 Å². The van der Waals surface area contributed by atoms with E-state index in [9.17, 15) is 5.11 Å². The number of aliphatic hydroxyl groups is 1. The standard InChI is InChI=1S/C14H27NO3/c1-2-18-13-4-7-15(8-5-13)10-14(11-16)6-3-9-17-12-14/h13,16H,2-12H2,1H3. The van der Waals surface area contributed by atoms with Gasteiger partial charge in [-0.05, 0) is 32.6 Å². The van der Waals surface area contributed by atoms with Crippen LogP contribution in [0.25, 0.3) is 0 Å². The number of piperidine rings is 1. The monoisotopic (exact) mass is 257 g/mol. The molecule has 0 radical (unpaired) electrons. The van der Waals surface area contributed by atoms with Gasteiger partial charge >= 0.3 is 0 Å². The van der Waals surface area contributed by atoms with Crippen LogP contribution in [0, 0.1) is 5.41 Å². The van der Waals surface area contributed by atoms with E-state index in [1.165, 1.54) is 0 Å². The van der Waals surface area contributed by atoms with Gasteiger partial charge in [0.05, 0.1) is 19.3 Å². The van der Waals surface area contributed by atoms with Crippen molar-refractivity contribution in [2.75, 3.05) is 46.1 Å². The number of rotatable bonds is 5. The van der Waals surface area contributed by atoms with Crippen LogP contribution in [0.4, 0.5) is 0 Å². The molecule has 2 heterocycles. The third kappa shape index (κ3) is 3.67. The van der Waals surface area contributed by atoms with E-state index in [0.29, 0.717) is 6.10 Å². The Morgan fingerprint density at radius 3 is 2.72 bits per heavy atom. The smallest absolute Gasteiger partial charge is 0.0599 e. The normalized spacial score (nSPS) is 31.7. The van der Waals surface area contributed by atoms with E-state index in [1.807, 2.05) is 0 Å². The maximum absolute atomic E-state index is 9.68. The second-order valence-electron chi connectivity index (χ2n) is 5.75. The summed E-state index contributed by atoms with van der Waals surface area (Å²) in [5, 5.41) is 9.68. The highest BCUT2D eigenvalue weighted by atomic mass is 16.5. The summed E-state index contributed by atoms with van der Waals surface area (Å²) in [6.07, 6.45) is 4.86. The lowest BCUT2D eigenvalue weighted by Crippen LogP contribution is -2.48. The highest BCUT2D eigenvalue weighted by molar-refractivity contribution is 4.86. The Labute approximate surface area is 110 Å². The van der Waals surface area contributed by atoms with E-state index in [2.05, 4.69) is 11.8 Å². The number of ether oxygens (including phenoxy) is 2. The summed E-state index contributed by atoms with van der Waals surface area (Å²) in [6.45, 7) is 7.86. The van der Waals surface area contributed by atoms with Gasteiger partial charge in [-0.3, -0.25) is 0 Å². The summed E-state index contributed by atoms with van der Waals surface area (Å²) in [5.74, 6) is 0. The third-order valence-corrected chi connectivity index (χ3v) is 4.24. The van der Waals surface area contributed by atoms with Crippen molar-refractivity contribution in [2.45, 2.75) is 38.7 Å². The van der Waals surface area contributed by atoms with Gasteiger partial charge in [0, 0.05) is 38.3 Å². The lowest BCUT2D eigenvalue weighted by molar-refractivity contribution is -0.0655. The van der Waals surface area contributed by atoms with Crippen molar-refractivity contribution < 1.29 is 14.6 Å². The first-order valence-electron chi connectivity index (χ1n) is 7.30. The van der Waals surface area contributed by atoms with Crippen molar-refractivity contribution in [3.8, 4) is 0 Å². The molecule has 0 saturated carbocycles. The Morgan fingerprint density at radius 1 is 1.39 bits per heavy atom. The molecule has 4 heteroatoms. The van der Waals surface area contributed by atoms with Gasteiger partial charge in [-0.1, -0.05) is 0 Å². The van der Waals surface area contributed by atoms with Crippen molar-refractivity contribution in [2.24, 2.45) is 5.41 Å². The number of nitrogens with zero attached hydrogens (tertiary/aromatic N) is 1. The fraction of sp³-hybridized carbons (Fsp3) is 1.00. The zero-order valence-electron chi connectivity index (χ0n) is 11.6. The van der Waals surface area contributed by atoms with Gasteiger partial charge in [-0.15, -0.1) is 0 Å². The van der Waals surface area contributed by atoms with Crippen LogP contribution in [-0.2, 0) is 9.47 Å². The van der Waals surface area contributed by atoms with E-state index < -0.39 is 0 Å². The molecule has 2 aliphatic heterocycles. The molecule has 2 rings (SSSR count). The first-order valence-corrected chi connectivity index (χ1v) is 7.30. The molecule has 0 spiro atoms. The minimum absolute atomic E-state index is 0.0172. The predicted molar refractivity (Wildman–Crippen MR) is 70.7 cm³/mol. The second-order valence-corrected chi connectivity index (χ2v) is 5.75. The number of hydrogen-bond donors (Lipinski definition) is 1. The number of hydrogen-bond acceptors (Lipinski definition) is 4. The van der Waals surface area contributed by atoms with Crippen molar-refractivity contribution in [3.05, 3.63) is 0 Å². The maximum atomic E-state index is 9.68. The van der Waals surface area contributed by atoms with Gasteiger partial charge in [-0.2, -0.15) is 0 Å². The molecular weight excluding hydrogens is 230 g/mol. The Balaban J connectivity index is 1.79. The fourth-order valence-electron chi connectivity index (χ4n) is 3.15. The Hall–Kier alpha value is -0.160. The molecule has 2 aliphatic rings. The minimum atomic E-state index is -0.0172. The maximum Gasteiger partial charge on any atom is 0.0599 e. The lowest BCUT2D eigenvalue weighted by atomic mass is 9.82. The first kappa shape index (κ1) is 14.3. The molecule has 1 N–H and O–H groups in total. The summed E-state index contributed by atoms with van der Waals surface area (Å²) in [4.78, 5) is 2.47. The van der Waals surface area contributed by atoms with Gasteiger partial charge in [0.25, 0.3) is 0 Å². The first-order chi connectivity index (χ1) is 8.78. The van der Waals surface area contributed by atoms with Crippen molar-refractivity contribution in [1.82, 2.24) is 4.90 Å². The topological polar surface area (TPSA) is 41.9 Å². The summed E-state index contributed by atoms with van der Waals surface area (Å²) >= 11 is 0. The van der Waals surface area contributed by atoms with Gasteiger partial charge in [-0.25, -0.2) is 0 Å². The van der Waals surface area contributed by atoms with E-state index in [0.717, 1.165) is 65.1 Å². The van der Waals surface area contributed by atoms with Crippen LogP contribution in [0.2, 0.25) is 0 Å². The van der Waals surface area contributed by atoms with Crippen LogP contribution in [0.1, 0.15) is 32.6 Å². The van der Waals surface area contributed by atoms with Gasteiger partial charge in [0.1, 0.15) is 0 Å². The Morgan fingerprint density at radius 2 is 2.17 bits per heavy atom. The largest absolute Gasteiger partial charge is 0.396 e. The molecule has 1 unspecified atom stereocenters. The van der Waals surface area contributed by atoms with Gasteiger partial charge in [0.2, 0.25) is 0 Å². The molecule has 2 fully saturated rings. The molecule has 0 bridgehead atoms. The van der Waals surface area contributed by atoms with Crippen LogP contribution in [-0.4, -0.2) is 62.2 Å². The Kier molecular flexibility index (Phi) is 5.42. The molecular formula is C14H27NO3. The van der Waals surface area contributed by atoms with Crippen LogP contribution in [0.15, 0.2) is 0 Å². The molecule has 0 aromatic heterocycles. The van der Waals surface area contributed by atoms with Crippen molar-refractivity contribution in [1.29, 1.82) is 0 Å². The molecule has 0 aliphatic carbocycles. The summed E-state index contributed by atoms with van der Waals surface area (Å²) in [6, 6.07) is 0. The molecule has 18 heavy (non-hydrogen) atoms. The molecule has 1 atom stereocenters. The average Bonchev–Trinajstić information content (AvgIpc) is 2.42. The second kappa shape index (κ2) is 6.85.